The molecule has 0 saturated heterocycles. The van der Waals surface area contributed by atoms with Crippen molar-refractivity contribution in [1.29, 1.82) is 0 Å². The molecule has 0 aliphatic heterocycles. The molecule has 7 nitrogen and oxygen atoms in total. The van der Waals surface area contributed by atoms with E-state index in [2.05, 4.69) is 16.0 Å². The van der Waals surface area contributed by atoms with E-state index in [0.29, 0.717) is 5.69 Å². The molecule has 2 aromatic carbocycles. The van der Waals surface area contributed by atoms with Crippen LogP contribution in [0.2, 0.25) is 0 Å². The van der Waals surface area contributed by atoms with Crippen LogP contribution in [0.15, 0.2) is 60.7 Å². The molecule has 0 bridgehead atoms. The highest BCUT2D eigenvalue weighted by Crippen LogP contribution is 2.29. The third kappa shape index (κ3) is 7.86. The van der Waals surface area contributed by atoms with E-state index in [1.807, 2.05) is 30.3 Å². The number of carbonyl (C=O) groups is 1. The summed E-state index contributed by atoms with van der Waals surface area (Å²) in [7, 11) is 0. The fourth-order valence-electron chi connectivity index (χ4n) is 2.12. The third-order valence-electron chi connectivity index (χ3n) is 3.43. The van der Waals surface area contributed by atoms with Gasteiger partial charge in [-0.15, -0.1) is 0 Å². The van der Waals surface area contributed by atoms with E-state index in [1.165, 1.54) is 24.3 Å². The van der Waals surface area contributed by atoms with Gasteiger partial charge in [-0.3, -0.25) is 14.9 Å². The summed E-state index contributed by atoms with van der Waals surface area (Å²) in [6.07, 6.45) is 1.72. The van der Waals surface area contributed by atoms with Gasteiger partial charge in [-0.2, -0.15) is 0 Å². The summed E-state index contributed by atoms with van der Waals surface area (Å²) in [5.74, 6) is -0.518. The van der Waals surface area contributed by atoms with Gasteiger partial charge in [0.05, 0.1) is 4.92 Å². The number of benzene rings is 2. The van der Waals surface area contributed by atoms with Crippen molar-refractivity contribution >= 4 is 75.5 Å². The number of nitrogens with one attached hydrogen (secondary N) is 3. The number of amides is 1. The van der Waals surface area contributed by atoms with Crippen molar-refractivity contribution in [2.75, 3.05) is 5.32 Å². The Bertz CT molecular complexity index is 920. The van der Waals surface area contributed by atoms with Crippen LogP contribution in [0.4, 0.5) is 11.4 Å². The molecule has 1 atom stereocenters. The molecule has 0 spiro atoms. The Labute approximate surface area is 187 Å². The van der Waals surface area contributed by atoms with Gasteiger partial charge in [0.25, 0.3) is 5.69 Å². The number of alkyl halides is 3. The number of nitrogens with zero attached hydrogens (tertiary/aromatic N) is 1. The Hall–Kier alpha value is -2.39. The molecule has 2 rings (SSSR count). The minimum absolute atomic E-state index is 0.00541. The summed E-state index contributed by atoms with van der Waals surface area (Å²) in [5, 5.41) is 18.8. The number of nitro groups is 1. The van der Waals surface area contributed by atoms with Gasteiger partial charge >= 0.3 is 0 Å². The average Bonchev–Trinajstić information content (AvgIpc) is 2.66. The Kier molecular flexibility index (Phi) is 8.21. The molecule has 0 aromatic heterocycles. The monoisotopic (exact) mass is 472 g/mol. The Morgan fingerprint density at radius 2 is 1.79 bits per heavy atom. The number of non-ortho nitro benzene ring substituents is 1. The van der Waals surface area contributed by atoms with Gasteiger partial charge < -0.3 is 16.0 Å². The second kappa shape index (κ2) is 10.4. The summed E-state index contributed by atoms with van der Waals surface area (Å²) in [6, 6.07) is 14.9. The van der Waals surface area contributed by atoms with Crippen molar-refractivity contribution < 1.29 is 9.72 Å². The number of carbonyl (C=O) groups excluding carboxylic acids is 1. The van der Waals surface area contributed by atoms with Crippen LogP contribution in [-0.4, -0.2) is 25.9 Å². The van der Waals surface area contributed by atoms with Crippen LogP contribution in [0.3, 0.4) is 0 Å². The molecule has 0 aliphatic rings. The number of nitro benzene ring substituents is 1. The first-order valence-electron chi connectivity index (χ1n) is 8.07. The van der Waals surface area contributed by atoms with Gasteiger partial charge in [0, 0.05) is 23.9 Å². The van der Waals surface area contributed by atoms with Crippen molar-refractivity contribution in [2.24, 2.45) is 0 Å². The van der Waals surface area contributed by atoms with Crippen LogP contribution in [0.25, 0.3) is 6.08 Å². The maximum atomic E-state index is 12.2. The fraction of sp³-hybridized carbons (Fsp3) is 0.111. The summed E-state index contributed by atoms with van der Waals surface area (Å²) in [6.45, 7) is 0. The zero-order chi connectivity index (χ0) is 21.4. The van der Waals surface area contributed by atoms with Gasteiger partial charge in [0.2, 0.25) is 9.70 Å². The minimum atomic E-state index is -1.93. The Balaban J connectivity index is 2.02. The third-order valence-corrected chi connectivity index (χ3v) is 4.31. The highest BCUT2D eigenvalue weighted by atomic mass is 35.6. The molecular formula is C18H15Cl3N4O3S. The van der Waals surface area contributed by atoms with E-state index in [-0.39, 0.29) is 10.8 Å². The molecule has 29 heavy (non-hydrogen) atoms. The summed E-state index contributed by atoms with van der Waals surface area (Å²) in [5.41, 5.74) is 1.06. The summed E-state index contributed by atoms with van der Waals surface area (Å²) < 4.78 is -1.93. The van der Waals surface area contributed by atoms with Gasteiger partial charge in [-0.25, -0.2) is 0 Å². The molecule has 0 aliphatic carbocycles. The molecule has 0 unspecified atom stereocenters. The van der Waals surface area contributed by atoms with Gasteiger partial charge in [-0.1, -0.05) is 71.2 Å². The van der Waals surface area contributed by atoms with Gasteiger partial charge in [0.1, 0.15) is 6.17 Å². The van der Waals surface area contributed by atoms with E-state index >= 15 is 0 Å². The van der Waals surface area contributed by atoms with Crippen molar-refractivity contribution in [2.45, 2.75) is 9.96 Å². The number of anilines is 1. The number of halogens is 3. The number of thiocarbonyl (C=S) groups is 1. The first kappa shape index (κ1) is 22.9. The van der Waals surface area contributed by atoms with Crippen LogP contribution in [-0.2, 0) is 4.79 Å². The number of hydrogen-bond acceptors (Lipinski definition) is 4. The lowest BCUT2D eigenvalue weighted by molar-refractivity contribution is -0.384. The van der Waals surface area contributed by atoms with Crippen LogP contribution >= 0.6 is 47.0 Å². The zero-order valence-corrected chi connectivity index (χ0v) is 17.7. The molecule has 11 heteroatoms. The SMILES string of the molecule is O=C(/C=C\c1ccccc1)N[C@@H](NC(=S)Nc1cccc([N+](=O)[O-])c1)C(Cl)(Cl)Cl. The van der Waals surface area contributed by atoms with E-state index in [9.17, 15) is 14.9 Å². The quantitative estimate of drug-likeness (QED) is 0.144. The van der Waals surface area contributed by atoms with Crippen LogP contribution in [0, 0.1) is 10.1 Å². The number of hydrogen-bond donors (Lipinski definition) is 3. The van der Waals surface area contributed by atoms with Crippen molar-refractivity contribution in [1.82, 2.24) is 10.6 Å². The van der Waals surface area contributed by atoms with Gasteiger partial charge in [-0.05, 0) is 29.9 Å². The maximum absolute atomic E-state index is 12.2. The van der Waals surface area contributed by atoms with Crippen molar-refractivity contribution in [3.8, 4) is 0 Å². The standard InChI is InChI=1S/C18H15Cl3N4O3S/c19-18(20,21)16(23-15(26)10-9-12-5-2-1-3-6-12)24-17(29)22-13-7-4-8-14(11-13)25(27)28/h1-11,16H,(H,23,26)(H2,22,24,29)/b10-9-/t16-/m0/s1. The fourth-order valence-corrected chi connectivity index (χ4v) is 2.68. The van der Waals surface area contributed by atoms with E-state index in [0.717, 1.165) is 5.56 Å². The molecule has 1 amide bonds. The minimum Gasteiger partial charge on any atom is -0.339 e. The molecule has 0 heterocycles. The molecule has 152 valence electrons. The first-order chi connectivity index (χ1) is 13.6. The Morgan fingerprint density at radius 3 is 2.41 bits per heavy atom. The smallest absolute Gasteiger partial charge is 0.271 e. The topological polar surface area (TPSA) is 96.3 Å². The normalized spacial score (nSPS) is 12.2. The average molecular weight is 474 g/mol. The lowest BCUT2D eigenvalue weighted by Crippen LogP contribution is -2.55. The van der Waals surface area contributed by atoms with E-state index in [1.54, 1.807) is 12.1 Å². The van der Waals surface area contributed by atoms with Crippen molar-refractivity contribution in [3.63, 3.8) is 0 Å². The lowest BCUT2D eigenvalue weighted by atomic mass is 10.2. The highest BCUT2D eigenvalue weighted by Gasteiger charge is 2.34. The summed E-state index contributed by atoms with van der Waals surface area (Å²) >= 11 is 22.9. The van der Waals surface area contributed by atoms with Crippen LogP contribution in [0.1, 0.15) is 5.56 Å². The lowest BCUT2D eigenvalue weighted by Gasteiger charge is -2.27. The highest BCUT2D eigenvalue weighted by molar-refractivity contribution is 7.80. The van der Waals surface area contributed by atoms with Gasteiger partial charge in [0.15, 0.2) is 5.11 Å². The molecule has 3 N–H and O–H groups in total. The maximum Gasteiger partial charge on any atom is 0.271 e. The zero-order valence-electron chi connectivity index (χ0n) is 14.6. The van der Waals surface area contributed by atoms with E-state index < -0.39 is 20.8 Å². The number of rotatable bonds is 6. The van der Waals surface area contributed by atoms with Crippen molar-refractivity contribution in [3.05, 3.63) is 76.4 Å². The predicted molar refractivity (Wildman–Crippen MR) is 120 cm³/mol. The molecule has 0 saturated carbocycles. The summed E-state index contributed by atoms with van der Waals surface area (Å²) in [4.78, 5) is 22.5. The molecule has 2 aromatic rings. The first-order valence-corrected chi connectivity index (χ1v) is 9.61. The second-order valence-corrected chi connectivity index (χ2v) is 8.41. The molecule has 0 radical (unpaired) electrons. The molecule has 0 fully saturated rings. The molecular weight excluding hydrogens is 459 g/mol. The largest absolute Gasteiger partial charge is 0.339 e. The van der Waals surface area contributed by atoms with Crippen LogP contribution in [0.5, 0.6) is 0 Å². The van der Waals surface area contributed by atoms with Crippen LogP contribution < -0.4 is 16.0 Å². The second-order valence-electron chi connectivity index (χ2n) is 5.63. The Morgan fingerprint density at radius 1 is 1.10 bits per heavy atom. The predicted octanol–water partition coefficient (Wildman–Crippen LogP) is 4.41. The van der Waals surface area contributed by atoms with E-state index in [4.69, 9.17) is 47.0 Å².